The predicted molar refractivity (Wildman–Crippen MR) is 61.1 cm³/mol. The fourth-order valence-electron chi connectivity index (χ4n) is 1.42. The van der Waals surface area contributed by atoms with Crippen LogP contribution in [0.4, 0.5) is 5.69 Å². The molecule has 1 aromatic carbocycles. The molecule has 0 aliphatic heterocycles. The lowest BCUT2D eigenvalue weighted by molar-refractivity contribution is -0.124. The van der Waals surface area contributed by atoms with E-state index in [0.717, 1.165) is 4.90 Å². The highest BCUT2D eigenvalue weighted by atomic mass is 16.6. The van der Waals surface area contributed by atoms with E-state index in [0.29, 0.717) is 0 Å². The fourth-order valence-corrected chi connectivity index (χ4v) is 1.42. The number of imide groups is 1. The summed E-state index contributed by atoms with van der Waals surface area (Å²) in [4.78, 5) is 23.6. The first-order valence-corrected chi connectivity index (χ1v) is 4.86. The number of rotatable bonds is 3. The second-order valence-electron chi connectivity index (χ2n) is 3.29. The highest BCUT2D eigenvalue weighted by molar-refractivity contribution is 6.34. The topological polar surface area (TPSA) is 87.1 Å². The van der Waals surface area contributed by atoms with Crippen molar-refractivity contribution < 1.29 is 24.3 Å². The minimum atomic E-state index is -2.02. The normalized spacial score (nSPS) is 9.65. The first-order valence-electron chi connectivity index (χ1n) is 4.86. The van der Waals surface area contributed by atoms with Gasteiger partial charge in [-0.15, -0.1) is 0 Å². The summed E-state index contributed by atoms with van der Waals surface area (Å²) < 4.78 is 4.69. The molecule has 90 valence electrons. The van der Waals surface area contributed by atoms with Crippen molar-refractivity contribution in [3.63, 3.8) is 0 Å². The zero-order valence-corrected chi connectivity index (χ0v) is 9.45. The number of carbonyl (C=O) groups excluding carboxylic acids is 2. The van der Waals surface area contributed by atoms with Gasteiger partial charge in [0.15, 0.2) is 0 Å². The number of carbonyl (C=O) groups is 2. The highest BCUT2D eigenvalue weighted by Crippen LogP contribution is 2.28. The number of hydrogen-bond acceptors (Lipinski definition) is 5. The number of anilines is 1. The fraction of sp³-hybridized carbons (Fsp3) is 0.200. The molecule has 0 heterocycles. The van der Waals surface area contributed by atoms with Crippen LogP contribution in [0.15, 0.2) is 24.3 Å². The van der Waals surface area contributed by atoms with Crippen LogP contribution >= 0.6 is 0 Å². The molecule has 0 aromatic heterocycles. The highest BCUT2D eigenvalue weighted by Gasteiger charge is 2.22. The Morgan fingerprint density at radius 3 is 2.18 bits per heavy atom. The molecule has 2 amide bonds. The Balaban J connectivity index is 3.18. The summed E-state index contributed by atoms with van der Waals surface area (Å²) in [6.07, 6.45) is 0. The van der Waals surface area contributed by atoms with E-state index in [4.69, 9.17) is 14.7 Å². The molecule has 0 atom stereocenters. The van der Waals surface area contributed by atoms with Gasteiger partial charge >= 0.3 is 7.32 Å². The third-order valence-corrected chi connectivity index (χ3v) is 1.97. The van der Waals surface area contributed by atoms with Gasteiger partial charge in [0.25, 0.3) is 0 Å². The maximum absolute atomic E-state index is 11.3. The number of para-hydroxylation sites is 2. The van der Waals surface area contributed by atoms with Crippen LogP contribution in [0.3, 0.4) is 0 Å². The quantitative estimate of drug-likeness (QED) is 0.718. The Hall–Kier alpha value is -1.86. The van der Waals surface area contributed by atoms with Gasteiger partial charge in [0.05, 0.1) is 5.69 Å². The zero-order valence-electron chi connectivity index (χ0n) is 9.45. The third kappa shape index (κ3) is 3.30. The van der Waals surface area contributed by atoms with Crippen LogP contribution < -0.4 is 9.55 Å². The van der Waals surface area contributed by atoms with Crippen LogP contribution in [0.5, 0.6) is 5.75 Å². The van der Waals surface area contributed by atoms with Gasteiger partial charge in [-0.1, -0.05) is 12.1 Å². The molecule has 7 heteroatoms. The maximum Gasteiger partial charge on any atom is 0.707 e. The first-order chi connectivity index (χ1) is 7.93. The first kappa shape index (κ1) is 13.2. The molecule has 0 saturated carbocycles. The van der Waals surface area contributed by atoms with Gasteiger partial charge in [-0.3, -0.25) is 9.59 Å². The second kappa shape index (κ2) is 5.47. The van der Waals surface area contributed by atoms with E-state index < -0.39 is 19.1 Å². The van der Waals surface area contributed by atoms with E-state index in [-0.39, 0.29) is 11.4 Å². The average Bonchev–Trinajstić information content (AvgIpc) is 2.18. The second-order valence-corrected chi connectivity index (χ2v) is 3.29. The molecular formula is C10H12BNO5. The molecule has 17 heavy (non-hydrogen) atoms. The van der Waals surface area contributed by atoms with E-state index in [1.54, 1.807) is 12.1 Å². The maximum atomic E-state index is 11.3. The molecule has 6 nitrogen and oxygen atoms in total. The van der Waals surface area contributed by atoms with Crippen LogP contribution in [0.25, 0.3) is 0 Å². The molecule has 0 saturated heterocycles. The number of amides is 2. The lowest BCUT2D eigenvalue weighted by atomic mass is 10.2. The monoisotopic (exact) mass is 237 g/mol. The SMILES string of the molecule is CC(=O)N(C(C)=O)c1ccccc1OB(O)O. The number of benzene rings is 1. The minimum absolute atomic E-state index is 0.0351. The largest absolute Gasteiger partial charge is 0.707 e. The van der Waals surface area contributed by atoms with Gasteiger partial charge in [0, 0.05) is 13.8 Å². The van der Waals surface area contributed by atoms with E-state index >= 15 is 0 Å². The third-order valence-electron chi connectivity index (χ3n) is 1.97. The average molecular weight is 237 g/mol. The van der Waals surface area contributed by atoms with Crippen molar-refractivity contribution in [1.82, 2.24) is 0 Å². The van der Waals surface area contributed by atoms with Gasteiger partial charge in [0.1, 0.15) is 5.75 Å². The van der Waals surface area contributed by atoms with Crippen LogP contribution in [-0.2, 0) is 9.59 Å². The summed E-state index contributed by atoms with van der Waals surface area (Å²) in [5, 5.41) is 17.5. The van der Waals surface area contributed by atoms with Gasteiger partial charge in [-0.2, -0.15) is 0 Å². The van der Waals surface area contributed by atoms with Crippen molar-refractivity contribution in [3.8, 4) is 5.75 Å². The Bertz CT molecular complexity index is 420. The molecule has 0 fully saturated rings. The van der Waals surface area contributed by atoms with Crippen molar-refractivity contribution in [1.29, 1.82) is 0 Å². The van der Waals surface area contributed by atoms with Gasteiger partial charge in [0.2, 0.25) is 11.8 Å². The smallest absolute Gasteiger partial charge is 0.510 e. The van der Waals surface area contributed by atoms with Gasteiger partial charge in [-0.25, -0.2) is 4.90 Å². The van der Waals surface area contributed by atoms with Crippen LogP contribution in [0, 0.1) is 0 Å². The Labute approximate surface area is 98.6 Å². The number of nitrogens with zero attached hydrogens (tertiary/aromatic N) is 1. The summed E-state index contributed by atoms with van der Waals surface area (Å²) >= 11 is 0. The Morgan fingerprint density at radius 1 is 1.18 bits per heavy atom. The lowest BCUT2D eigenvalue weighted by Crippen LogP contribution is -2.34. The molecule has 0 aliphatic carbocycles. The van der Waals surface area contributed by atoms with Gasteiger partial charge < -0.3 is 14.7 Å². The van der Waals surface area contributed by atoms with Crippen molar-refractivity contribution in [2.45, 2.75) is 13.8 Å². The Kier molecular flexibility index (Phi) is 4.25. The van der Waals surface area contributed by atoms with E-state index in [9.17, 15) is 9.59 Å². The van der Waals surface area contributed by atoms with E-state index in [2.05, 4.69) is 0 Å². The molecule has 0 radical (unpaired) electrons. The van der Waals surface area contributed by atoms with Crippen LogP contribution in [0.1, 0.15) is 13.8 Å². The number of hydrogen-bond donors (Lipinski definition) is 2. The minimum Gasteiger partial charge on any atom is -0.510 e. The molecule has 0 aliphatic rings. The van der Waals surface area contributed by atoms with Crippen molar-refractivity contribution >= 4 is 24.8 Å². The van der Waals surface area contributed by atoms with Crippen LogP contribution in [0.2, 0.25) is 0 Å². The molecular weight excluding hydrogens is 225 g/mol. The summed E-state index contributed by atoms with van der Waals surface area (Å²) in [6.45, 7) is 2.46. The summed E-state index contributed by atoms with van der Waals surface area (Å²) in [7, 11) is -2.02. The van der Waals surface area contributed by atoms with Crippen molar-refractivity contribution in [2.24, 2.45) is 0 Å². The molecule has 1 aromatic rings. The molecule has 1 rings (SSSR count). The predicted octanol–water partition coefficient (Wildman–Crippen LogP) is -0.0657. The van der Waals surface area contributed by atoms with Crippen molar-refractivity contribution in [2.75, 3.05) is 4.90 Å². The van der Waals surface area contributed by atoms with Crippen molar-refractivity contribution in [3.05, 3.63) is 24.3 Å². The summed E-state index contributed by atoms with van der Waals surface area (Å²) in [5.41, 5.74) is 0.167. The standard InChI is InChI=1S/C10H12BNO5/c1-7(13)12(8(2)14)9-5-3-4-6-10(9)17-11(15)16/h3-6,15-16H,1-2H3. The zero-order chi connectivity index (χ0) is 13.0. The lowest BCUT2D eigenvalue weighted by Gasteiger charge is -2.20. The van der Waals surface area contributed by atoms with E-state index in [1.807, 2.05) is 0 Å². The van der Waals surface area contributed by atoms with Crippen LogP contribution in [-0.4, -0.2) is 29.2 Å². The molecule has 0 unspecified atom stereocenters. The summed E-state index contributed by atoms with van der Waals surface area (Å²) in [5.74, 6) is -0.935. The molecule has 2 N–H and O–H groups in total. The van der Waals surface area contributed by atoms with E-state index in [1.165, 1.54) is 26.0 Å². The van der Waals surface area contributed by atoms with Gasteiger partial charge in [-0.05, 0) is 12.1 Å². The molecule has 0 spiro atoms. The summed E-state index contributed by atoms with van der Waals surface area (Å²) in [6, 6.07) is 6.08. The Morgan fingerprint density at radius 2 is 1.71 bits per heavy atom. The molecule has 0 bridgehead atoms.